The fraction of sp³-hybridized carbons (Fsp3) is 0.391. The smallest absolute Gasteiger partial charge is 0.339 e. The summed E-state index contributed by atoms with van der Waals surface area (Å²) in [5.41, 5.74) is 2.92. The van der Waals surface area contributed by atoms with E-state index >= 15 is 0 Å². The standard InChI is InChI=1S/C23H25NO4/c25-22(24-11-4-12-27-15-16-7-8-16)18-9-10-20-19(13-18)14-21(28-23(20)26)17-5-2-1-3-6-17/h1-3,5-6,9-10,13,16,21H,4,7-8,11-12,14-15H2,(H,24,25)/t21-/m1/s1. The van der Waals surface area contributed by atoms with Crippen LogP contribution in [0.2, 0.25) is 0 Å². The molecule has 2 aliphatic rings. The minimum atomic E-state index is -0.338. The van der Waals surface area contributed by atoms with Crippen LogP contribution in [0.15, 0.2) is 48.5 Å². The van der Waals surface area contributed by atoms with Crippen LogP contribution < -0.4 is 5.32 Å². The molecule has 0 aromatic heterocycles. The number of benzene rings is 2. The number of cyclic esters (lactones) is 1. The van der Waals surface area contributed by atoms with Gasteiger partial charge in [-0.3, -0.25) is 4.79 Å². The molecule has 1 saturated carbocycles. The number of ether oxygens (including phenoxy) is 2. The van der Waals surface area contributed by atoms with Gasteiger partial charge in [0.2, 0.25) is 0 Å². The molecule has 0 bridgehead atoms. The van der Waals surface area contributed by atoms with Crippen molar-refractivity contribution in [2.24, 2.45) is 5.92 Å². The third-order valence-corrected chi connectivity index (χ3v) is 5.21. The summed E-state index contributed by atoms with van der Waals surface area (Å²) in [4.78, 5) is 24.8. The summed E-state index contributed by atoms with van der Waals surface area (Å²) in [6.45, 7) is 2.10. The van der Waals surface area contributed by atoms with Crippen LogP contribution in [0.25, 0.3) is 0 Å². The minimum absolute atomic E-state index is 0.125. The second kappa shape index (κ2) is 8.57. The molecule has 2 aromatic rings. The summed E-state index contributed by atoms with van der Waals surface area (Å²) < 4.78 is 11.2. The molecular weight excluding hydrogens is 354 g/mol. The molecule has 5 heteroatoms. The number of carbonyl (C=O) groups is 2. The molecule has 0 unspecified atom stereocenters. The first kappa shape index (κ1) is 18.7. The van der Waals surface area contributed by atoms with E-state index in [4.69, 9.17) is 9.47 Å². The Balaban J connectivity index is 1.34. The van der Waals surface area contributed by atoms with Gasteiger partial charge in [0.05, 0.1) is 5.56 Å². The first-order valence-electron chi connectivity index (χ1n) is 9.95. The molecule has 5 nitrogen and oxygen atoms in total. The highest BCUT2D eigenvalue weighted by molar-refractivity contribution is 5.97. The van der Waals surface area contributed by atoms with Gasteiger partial charge in [-0.05, 0) is 54.5 Å². The van der Waals surface area contributed by atoms with Gasteiger partial charge in [-0.25, -0.2) is 4.79 Å². The first-order valence-corrected chi connectivity index (χ1v) is 9.95. The number of hydrogen-bond acceptors (Lipinski definition) is 4. The number of esters is 1. The van der Waals surface area contributed by atoms with Crippen LogP contribution in [-0.2, 0) is 15.9 Å². The van der Waals surface area contributed by atoms with Gasteiger partial charge in [-0.15, -0.1) is 0 Å². The summed E-state index contributed by atoms with van der Waals surface area (Å²) in [6, 6.07) is 14.9. The van der Waals surface area contributed by atoms with Crippen molar-refractivity contribution in [2.75, 3.05) is 19.8 Å². The van der Waals surface area contributed by atoms with E-state index in [0.717, 1.165) is 30.1 Å². The summed E-state index contributed by atoms with van der Waals surface area (Å²) in [5, 5.41) is 2.93. The SMILES string of the molecule is O=C(NCCCOCC1CC1)c1ccc2c(c1)C[C@H](c1ccccc1)OC2=O. The molecule has 4 rings (SSSR count). The van der Waals surface area contributed by atoms with Crippen molar-refractivity contribution >= 4 is 11.9 Å². The Hall–Kier alpha value is -2.66. The Labute approximate surface area is 165 Å². The van der Waals surface area contributed by atoms with Gasteiger partial charge in [0.1, 0.15) is 6.10 Å². The zero-order valence-electron chi connectivity index (χ0n) is 15.9. The Bertz CT molecular complexity index is 845. The monoisotopic (exact) mass is 379 g/mol. The van der Waals surface area contributed by atoms with E-state index in [9.17, 15) is 9.59 Å². The fourth-order valence-corrected chi connectivity index (χ4v) is 3.40. The van der Waals surface area contributed by atoms with E-state index in [0.29, 0.717) is 30.7 Å². The van der Waals surface area contributed by atoms with Crippen molar-refractivity contribution in [3.05, 3.63) is 70.8 Å². The molecule has 1 atom stereocenters. The molecule has 0 radical (unpaired) electrons. The van der Waals surface area contributed by atoms with Gasteiger partial charge in [0, 0.05) is 31.7 Å². The summed E-state index contributed by atoms with van der Waals surface area (Å²) in [6.07, 6.45) is 3.62. The lowest BCUT2D eigenvalue weighted by molar-refractivity contribution is 0.0252. The van der Waals surface area contributed by atoms with Gasteiger partial charge in [-0.1, -0.05) is 30.3 Å². The molecule has 28 heavy (non-hydrogen) atoms. The van der Waals surface area contributed by atoms with Crippen LogP contribution in [0.3, 0.4) is 0 Å². The Morgan fingerprint density at radius 1 is 1.14 bits per heavy atom. The predicted octanol–water partition coefficient (Wildman–Crippen LogP) is 3.69. The Morgan fingerprint density at radius 2 is 1.96 bits per heavy atom. The maximum absolute atomic E-state index is 12.4. The van der Waals surface area contributed by atoms with Crippen LogP contribution in [0, 0.1) is 5.92 Å². The van der Waals surface area contributed by atoms with Crippen molar-refractivity contribution in [1.29, 1.82) is 0 Å². The molecule has 1 aliphatic carbocycles. The van der Waals surface area contributed by atoms with Crippen molar-refractivity contribution < 1.29 is 19.1 Å². The lowest BCUT2D eigenvalue weighted by Crippen LogP contribution is -2.27. The first-order chi connectivity index (χ1) is 13.7. The molecule has 1 aliphatic heterocycles. The van der Waals surface area contributed by atoms with E-state index < -0.39 is 0 Å². The molecule has 1 heterocycles. The number of carbonyl (C=O) groups excluding carboxylic acids is 2. The van der Waals surface area contributed by atoms with Crippen LogP contribution in [0.5, 0.6) is 0 Å². The van der Waals surface area contributed by atoms with Crippen molar-refractivity contribution in [3.8, 4) is 0 Å². The highest BCUT2D eigenvalue weighted by Gasteiger charge is 2.28. The van der Waals surface area contributed by atoms with Gasteiger partial charge < -0.3 is 14.8 Å². The molecular formula is C23H25NO4. The molecule has 1 N–H and O–H groups in total. The van der Waals surface area contributed by atoms with Crippen LogP contribution in [0.1, 0.15) is 57.2 Å². The highest BCUT2D eigenvalue weighted by atomic mass is 16.5. The summed E-state index contributed by atoms with van der Waals surface area (Å²) >= 11 is 0. The van der Waals surface area contributed by atoms with E-state index in [1.165, 1.54) is 12.8 Å². The lowest BCUT2D eigenvalue weighted by atomic mass is 9.93. The third kappa shape index (κ3) is 4.60. The Morgan fingerprint density at radius 3 is 2.75 bits per heavy atom. The van der Waals surface area contributed by atoms with Crippen molar-refractivity contribution in [3.63, 3.8) is 0 Å². The second-order valence-corrected chi connectivity index (χ2v) is 7.51. The predicted molar refractivity (Wildman–Crippen MR) is 105 cm³/mol. The normalized spacial score (nSPS) is 18.3. The lowest BCUT2D eigenvalue weighted by Gasteiger charge is -2.25. The van der Waals surface area contributed by atoms with E-state index in [1.54, 1.807) is 12.1 Å². The van der Waals surface area contributed by atoms with Crippen LogP contribution >= 0.6 is 0 Å². The average Bonchev–Trinajstić information content (AvgIpc) is 3.55. The van der Waals surface area contributed by atoms with E-state index in [-0.39, 0.29) is 18.0 Å². The van der Waals surface area contributed by atoms with Crippen LogP contribution in [0.4, 0.5) is 0 Å². The number of fused-ring (bicyclic) bond motifs is 1. The van der Waals surface area contributed by atoms with Gasteiger partial charge in [0.25, 0.3) is 5.91 Å². The summed E-state index contributed by atoms with van der Waals surface area (Å²) in [7, 11) is 0. The quantitative estimate of drug-likeness (QED) is 0.561. The maximum atomic E-state index is 12.4. The van der Waals surface area contributed by atoms with E-state index in [1.807, 2.05) is 36.4 Å². The van der Waals surface area contributed by atoms with Crippen LogP contribution in [-0.4, -0.2) is 31.6 Å². The number of hydrogen-bond donors (Lipinski definition) is 1. The van der Waals surface area contributed by atoms with Crippen molar-refractivity contribution in [1.82, 2.24) is 5.32 Å². The van der Waals surface area contributed by atoms with Gasteiger partial charge in [-0.2, -0.15) is 0 Å². The fourth-order valence-electron chi connectivity index (χ4n) is 3.40. The molecule has 2 aromatic carbocycles. The second-order valence-electron chi connectivity index (χ2n) is 7.51. The molecule has 1 amide bonds. The maximum Gasteiger partial charge on any atom is 0.339 e. The molecule has 146 valence electrons. The molecule has 0 saturated heterocycles. The zero-order chi connectivity index (χ0) is 19.3. The molecule has 0 spiro atoms. The minimum Gasteiger partial charge on any atom is -0.454 e. The largest absolute Gasteiger partial charge is 0.454 e. The third-order valence-electron chi connectivity index (χ3n) is 5.21. The highest BCUT2D eigenvalue weighted by Crippen LogP contribution is 2.31. The Kier molecular flexibility index (Phi) is 5.72. The van der Waals surface area contributed by atoms with Gasteiger partial charge in [0.15, 0.2) is 0 Å². The number of nitrogens with one attached hydrogen (secondary N) is 1. The number of rotatable bonds is 8. The molecule has 1 fully saturated rings. The number of amides is 1. The summed E-state index contributed by atoms with van der Waals surface area (Å²) in [5.74, 6) is 0.298. The van der Waals surface area contributed by atoms with Gasteiger partial charge >= 0.3 is 5.97 Å². The van der Waals surface area contributed by atoms with Crippen molar-refractivity contribution in [2.45, 2.75) is 31.8 Å². The average molecular weight is 379 g/mol. The van der Waals surface area contributed by atoms with E-state index in [2.05, 4.69) is 5.32 Å². The zero-order valence-corrected chi connectivity index (χ0v) is 15.9. The topological polar surface area (TPSA) is 64.6 Å².